The number of benzene rings is 2. The van der Waals surface area contributed by atoms with E-state index in [-0.39, 0.29) is 16.7 Å². The fraction of sp³-hybridized carbons (Fsp3) is 0.286. The van der Waals surface area contributed by atoms with Crippen LogP contribution in [0.3, 0.4) is 0 Å². The minimum absolute atomic E-state index is 0.109. The molecule has 1 saturated heterocycles. The maximum absolute atomic E-state index is 12.7. The number of phenols is 2. The normalized spacial score (nSPS) is 26.1. The number of phenolic OH excluding ortho intramolecular Hbond substituents is 2. The molecule has 1 aromatic heterocycles. The first-order chi connectivity index (χ1) is 14.8. The van der Waals surface area contributed by atoms with Crippen LogP contribution in [0.15, 0.2) is 51.7 Å². The fourth-order valence-corrected chi connectivity index (χ4v) is 3.41. The Kier molecular flexibility index (Phi) is 5.56. The van der Waals surface area contributed by atoms with Crippen LogP contribution in [-0.4, -0.2) is 68.0 Å². The van der Waals surface area contributed by atoms with Gasteiger partial charge in [-0.25, -0.2) is 0 Å². The highest BCUT2D eigenvalue weighted by Crippen LogP contribution is 2.43. The van der Waals surface area contributed by atoms with Crippen LogP contribution in [0.5, 0.6) is 17.2 Å². The van der Waals surface area contributed by atoms with Crippen LogP contribution in [-0.2, 0) is 4.74 Å². The first-order valence-electron chi connectivity index (χ1n) is 9.37. The number of rotatable bonds is 4. The van der Waals surface area contributed by atoms with Gasteiger partial charge in [-0.1, -0.05) is 30.3 Å². The zero-order valence-corrected chi connectivity index (χ0v) is 16.0. The first-order valence-corrected chi connectivity index (χ1v) is 9.37. The topological polar surface area (TPSA) is 170 Å². The Bertz CT molecular complexity index is 1140. The second-order valence-corrected chi connectivity index (χ2v) is 7.10. The van der Waals surface area contributed by atoms with E-state index in [2.05, 4.69) is 0 Å². The lowest BCUT2D eigenvalue weighted by Gasteiger charge is -2.39. The van der Waals surface area contributed by atoms with E-state index in [0.717, 1.165) is 6.07 Å². The van der Waals surface area contributed by atoms with E-state index < -0.39 is 60.0 Å². The second kappa shape index (κ2) is 8.17. The monoisotopic (exact) mass is 432 g/mol. The Balaban J connectivity index is 1.74. The zero-order chi connectivity index (χ0) is 22.3. The summed E-state index contributed by atoms with van der Waals surface area (Å²) in [5.74, 6) is -1.77. The van der Waals surface area contributed by atoms with Crippen LogP contribution >= 0.6 is 0 Å². The van der Waals surface area contributed by atoms with Crippen LogP contribution in [0.1, 0.15) is 0 Å². The van der Waals surface area contributed by atoms with Crippen LogP contribution in [0, 0.1) is 0 Å². The molecule has 10 heteroatoms. The summed E-state index contributed by atoms with van der Waals surface area (Å²) in [7, 11) is 0. The molecule has 0 spiro atoms. The van der Waals surface area contributed by atoms with Gasteiger partial charge in [0.15, 0.2) is 16.9 Å². The lowest BCUT2D eigenvalue weighted by atomic mass is 9.99. The smallest absolute Gasteiger partial charge is 0.229 e. The summed E-state index contributed by atoms with van der Waals surface area (Å²) in [4.78, 5) is 12.7. The molecular weight excluding hydrogens is 412 g/mol. The highest BCUT2D eigenvalue weighted by molar-refractivity contribution is 5.89. The predicted octanol–water partition coefficient (Wildman–Crippen LogP) is 0.0499. The highest BCUT2D eigenvalue weighted by atomic mass is 16.7. The summed E-state index contributed by atoms with van der Waals surface area (Å²) in [5, 5.41) is 59.8. The number of hydrogen-bond donors (Lipinski definition) is 6. The summed E-state index contributed by atoms with van der Waals surface area (Å²) >= 11 is 0. The van der Waals surface area contributed by atoms with Gasteiger partial charge in [-0.2, -0.15) is 0 Å². The second-order valence-electron chi connectivity index (χ2n) is 7.10. The first kappa shape index (κ1) is 21.1. The summed E-state index contributed by atoms with van der Waals surface area (Å²) in [6.45, 7) is -0.688. The third-order valence-corrected chi connectivity index (χ3v) is 5.07. The van der Waals surface area contributed by atoms with Gasteiger partial charge in [0.05, 0.1) is 6.61 Å². The van der Waals surface area contributed by atoms with Crippen LogP contribution in [0.2, 0.25) is 0 Å². The van der Waals surface area contributed by atoms with E-state index >= 15 is 0 Å². The third-order valence-electron chi connectivity index (χ3n) is 5.07. The molecule has 6 N–H and O–H groups in total. The molecule has 5 atom stereocenters. The molecule has 2 aromatic carbocycles. The van der Waals surface area contributed by atoms with Gasteiger partial charge in [-0.05, 0) is 0 Å². The van der Waals surface area contributed by atoms with Gasteiger partial charge in [0.25, 0.3) is 0 Å². The predicted molar refractivity (Wildman–Crippen MR) is 106 cm³/mol. The maximum Gasteiger partial charge on any atom is 0.229 e. The lowest BCUT2D eigenvalue weighted by molar-refractivity contribution is -0.277. The molecule has 31 heavy (non-hydrogen) atoms. The number of aliphatic hydroxyl groups excluding tert-OH is 4. The van der Waals surface area contributed by atoms with Crippen LogP contribution < -0.4 is 10.2 Å². The van der Waals surface area contributed by atoms with Crippen molar-refractivity contribution in [3.8, 4) is 28.6 Å². The molecule has 164 valence electrons. The van der Waals surface area contributed by atoms with E-state index in [1.807, 2.05) is 0 Å². The van der Waals surface area contributed by atoms with Crippen molar-refractivity contribution in [2.75, 3.05) is 6.61 Å². The van der Waals surface area contributed by atoms with Crippen LogP contribution in [0.4, 0.5) is 0 Å². The molecule has 1 aliphatic rings. The van der Waals surface area contributed by atoms with Gasteiger partial charge in [-0.3, -0.25) is 4.79 Å². The van der Waals surface area contributed by atoms with Gasteiger partial charge in [0.2, 0.25) is 12.0 Å². The Labute approximate surface area is 174 Å². The van der Waals surface area contributed by atoms with Gasteiger partial charge < -0.3 is 44.5 Å². The zero-order valence-electron chi connectivity index (χ0n) is 16.0. The maximum atomic E-state index is 12.7. The third kappa shape index (κ3) is 3.71. The molecule has 3 aromatic rings. The number of ether oxygens (including phenoxy) is 2. The Hall–Kier alpha value is -3.15. The van der Waals surface area contributed by atoms with Crippen LogP contribution in [0.25, 0.3) is 22.3 Å². The van der Waals surface area contributed by atoms with E-state index in [4.69, 9.17) is 13.9 Å². The van der Waals surface area contributed by atoms with Crippen molar-refractivity contribution in [2.24, 2.45) is 0 Å². The van der Waals surface area contributed by atoms with Crippen molar-refractivity contribution < 1.29 is 44.5 Å². The van der Waals surface area contributed by atoms with Crippen molar-refractivity contribution in [3.63, 3.8) is 0 Å². The number of aliphatic hydroxyl groups is 4. The molecule has 10 nitrogen and oxygen atoms in total. The Morgan fingerprint density at radius 3 is 2.35 bits per heavy atom. The highest BCUT2D eigenvalue weighted by Gasteiger charge is 2.45. The summed E-state index contributed by atoms with van der Waals surface area (Å²) in [5.41, 5.74) is -0.110. The Morgan fingerprint density at radius 1 is 0.968 bits per heavy atom. The number of hydrogen-bond acceptors (Lipinski definition) is 10. The van der Waals surface area contributed by atoms with Crippen molar-refractivity contribution in [1.82, 2.24) is 0 Å². The van der Waals surface area contributed by atoms with E-state index in [1.54, 1.807) is 30.3 Å². The molecule has 0 unspecified atom stereocenters. The Morgan fingerprint density at radius 2 is 1.68 bits per heavy atom. The molecular formula is C21H20O10. The standard InChI is InChI=1S/C21H20O10/c22-8-14-16(25)18(27)19(28)21(30-14)31-20-11(24)7-13-15(17(20)26)10(23)6-12(29-13)9-4-2-1-3-5-9/h1-7,14,16,18-19,21-22,24-28H,8H2/t14-,16-,18+,19-,21+/m0/s1. The molecule has 0 aliphatic carbocycles. The lowest BCUT2D eigenvalue weighted by Crippen LogP contribution is -2.60. The molecule has 0 bridgehead atoms. The van der Waals surface area contributed by atoms with Gasteiger partial charge >= 0.3 is 0 Å². The SMILES string of the molecule is O=c1cc(-c2ccccc2)oc2cc(O)c(O[C@H]3O[C@@H](CO)[C@H](O)[C@@H](O)[C@@H]3O)c(O)c12. The largest absolute Gasteiger partial charge is 0.504 e. The quantitative estimate of drug-likeness (QED) is 0.331. The molecule has 0 radical (unpaired) electrons. The molecule has 1 fully saturated rings. The van der Waals surface area contributed by atoms with Gasteiger partial charge in [0.1, 0.15) is 41.1 Å². The van der Waals surface area contributed by atoms with Crippen molar-refractivity contribution >= 4 is 11.0 Å². The summed E-state index contributed by atoms with van der Waals surface area (Å²) in [6.07, 6.45) is -8.03. The minimum Gasteiger partial charge on any atom is -0.504 e. The van der Waals surface area contributed by atoms with Gasteiger partial charge in [-0.15, -0.1) is 0 Å². The molecule has 4 rings (SSSR count). The molecule has 0 saturated carbocycles. The van der Waals surface area contributed by atoms with Crippen molar-refractivity contribution in [3.05, 3.63) is 52.7 Å². The van der Waals surface area contributed by atoms with E-state index in [0.29, 0.717) is 5.56 Å². The van der Waals surface area contributed by atoms with Crippen molar-refractivity contribution in [2.45, 2.75) is 30.7 Å². The van der Waals surface area contributed by atoms with Crippen molar-refractivity contribution in [1.29, 1.82) is 0 Å². The summed E-state index contributed by atoms with van der Waals surface area (Å²) < 4.78 is 16.2. The average Bonchev–Trinajstić information content (AvgIpc) is 2.76. The average molecular weight is 432 g/mol. The number of aromatic hydroxyl groups is 2. The minimum atomic E-state index is -1.77. The fourth-order valence-electron chi connectivity index (χ4n) is 3.41. The summed E-state index contributed by atoms with van der Waals surface area (Å²) in [6, 6.07) is 11.0. The number of fused-ring (bicyclic) bond motifs is 1. The molecule has 1 aliphatic heterocycles. The molecule has 2 heterocycles. The van der Waals surface area contributed by atoms with Gasteiger partial charge in [0, 0.05) is 17.7 Å². The van der Waals surface area contributed by atoms with E-state index in [9.17, 15) is 35.4 Å². The molecule has 0 amide bonds. The van der Waals surface area contributed by atoms with E-state index in [1.165, 1.54) is 6.07 Å².